The highest BCUT2D eigenvalue weighted by Gasteiger charge is 2.38. The number of rotatable bonds is 6. The second-order valence-corrected chi connectivity index (χ2v) is 5.88. The number of nitrogens with zero attached hydrogens (tertiary/aromatic N) is 1. The van der Waals surface area contributed by atoms with Gasteiger partial charge in [-0.2, -0.15) is 13.2 Å². The van der Waals surface area contributed by atoms with Crippen molar-refractivity contribution in [1.82, 2.24) is 5.32 Å². The zero-order chi connectivity index (χ0) is 14.8. The molecule has 2 nitrogen and oxygen atoms in total. The Morgan fingerprint density at radius 3 is 2.55 bits per heavy atom. The van der Waals surface area contributed by atoms with Crippen LogP contribution >= 0.6 is 15.9 Å². The summed E-state index contributed by atoms with van der Waals surface area (Å²) in [7, 11) is 0. The Labute approximate surface area is 125 Å². The van der Waals surface area contributed by atoms with Crippen LogP contribution < -0.4 is 10.2 Å². The molecule has 0 heterocycles. The van der Waals surface area contributed by atoms with Gasteiger partial charge >= 0.3 is 6.18 Å². The van der Waals surface area contributed by atoms with Crippen LogP contribution in [-0.4, -0.2) is 25.3 Å². The van der Waals surface area contributed by atoms with Gasteiger partial charge in [0.05, 0.1) is 0 Å². The fourth-order valence-electron chi connectivity index (χ4n) is 2.13. The third kappa shape index (κ3) is 4.38. The number of alkyl halides is 3. The average molecular weight is 351 g/mol. The van der Waals surface area contributed by atoms with E-state index in [-0.39, 0.29) is 6.04 Å². The normalized spacial score (nSPS) is 15.4. The van der Waals surface area contributed by atoms with Crippen molar-refractivity contribution in [2.75, 3.05) is 18.0 Å². The summed E-state index contributed by atoms with van der Waals surface area (Å²) in [5, 5.41) is 3.20. The van der Waals surface area contributed by atoms with E-state index in [0.29, 0.717) is 12.2 Å². The summed E-state index contributed by atoms with van der Waals surface area (Å²) in [4.78, 5) is 1.46. The van der Waals surface area contributed by atoms with E-state index in [4.69, 9.17) is 0 Å². The molecule has 112 valence electrons. The summed E-state index contributed by atoms with van der Waals surface area (Å²) in [6.07, 6.45) is -2.49. The molecule has 2 rings (SSSR count). The zero-order valence-corrected chi connectivity index (χ0v) is 12.9. The maximum Gasteiger partial charge on any atom is 0.405 e. The van der Waals surface area contributed by atoms with E-state index in [1.165, 1.54) is 4.90 Å². The minimum atomic E-state index is -4.17. The third-order valence-corrected chi connectivity index (χ3v) is 4.01. The van der Waals surface area contributed by atoms with E-state index in [1.54, 1.807) is 12.1 Å². The summed E-state index contributed by atoms with van der Waals surface area (Å²) >= 11 is 3.45. The lowest BCUT2D eigenvalue weighted by Gasteiger charge is -2.26. The van der Waals surface area contributed by atoms with Crippen molar-refractivity contribution in [2.45, 2.75) is 38.5 Å². The van der Waals surface area contributed by atoms with Crippen molar-refractivity contribution in [3.8, 4) is 0 Å². The molecule has 0 aliphatic heterocycles. The van der Waals surface area contributed by atoms with Crippen molar-refractivity contribution < 1.29 is 13.2 Å². The van der Waals surface area contributed by atoms with Gasteiger partial charge in [-0.1, -0.05) is 28.9 Å². The summed E-state index contributed by atoms with van der Waals surface area (Å²) in [5.74, 6) is 0. The van der Waals surface area contributed by atoms with Crippen LogP contribution in [0.2, 0.25) is 0 Å². The van der Waals surface area contributed by atoms with Crippen LogP contribution in [0.1, 0.15) is 25.3 Å². The average Bonchev–Trinajstić information content (AvgIpc) is 3.17. The quantitative estimate of drug-likeness (QED) is 0.831. The van der Waals surface area contributed by atoms with E-state index in [0.717, 1.165) is 29.4 Å². The molecule has 1 aromatic rings. The Hall–Kier alpha value is -0.750. The van der Waals surface area contributed by atoms with E-state index < -0.39 is 12.7 Å². The predicted molar refractivity (Wildman–Crippen MR) is 77.9 cm³/mol. The molecule has 0 bridgehead atoms. The third-order valence-electron chi connectivity index (χ3n) is 3.27. The molecule has 6 heteroatoms. The van der Waals surface area contributed by atoms with Gasteiger partial charge in [-0.25, -0.2) is 0 Å². The smallest absolute Gasteiger partial charge is 0.359 e. The van der Waals surface area contributed by atoms with E-state index >= 15 is 0 Å². The maximum atomic E-state index is 12.7. The molecule has 0 aromatic heterocycles. The van der Waals surface area contributed by atoms with Crippen LogP contribution in [0.5, 0.6) is 0 Å². The topological polar surface area (TPSA) is 15.3 Å². The van der Waals surface area contributed by atoms with E-state index in [9.17, 15) is 13.2 Å². The van der Waals surface area contributed by atoms with Gasteiger partial charge in [-0.15, -0.1) is 0 Å². The number of benzene rings is 1. The van der Waals surface area contributed by atoms with Crippen LogP contribution in [0.4, 0.5) is 18.9 Å². The Morgan fingerprint density at radius 1 is 1.35 bits per heavy atom. The molecular formula is C14H18BrF3N2. The van der Waals surface area contributed by atoms with Gasteiger partial charge in [0, 0.05) is 22.7 Å². The van der Waals surface area contributed by atoms with Gasteiger partial charge in [0.25, 0.3) is 0 Å². The summed E-state index contributed by atoms with van der Waals surface area (Å²) in [6, 6.07) is 5.48. The van der Waals surface area contributed by atoms with Crippen molar-refractivity contribution >= 4 is 21.6 Å². The molecule has 0 unspecified atom stereocenters. The summed E-state index contributed by atoms with van der Waals surface area (Å²) in [6.45, 7) is 2.70. The highest BCUT2D eigenvalue weighted by molar-refractivity contribution is 9.10. The van der Waals surface area contributed by atoms with Crippen LogP contribution in [0.15, 0.2) is 22.7 Å². The standard InChI is InChI=1S/C14H18BrF3N2/c1-2-19-8-10-3-4-12(7-13(10)15)20(11-5-6-11)9-14(16,17)18/h3-4,7,11,19H,2,5-6,8-9H2,1H3. The first-order valence-corrected chi connectivity index (χ1v) is 7.52. The van der Waals surface area contributed by atoms with Crippen molar-refractivity contribution in [3.05, 3.63) is 28.2 Å². The molecule has 0 amide bonds. The van der Waals surface area contributed by atoms with Crippen molar-refractivity contribution in [1.29, 1.82) is 0 Å². The van der Waals surface area contributed by atoms with Gasteiger partial charge < -0.3 is 10.2 Å². The Balaban J connectivity index is 2.15. The van der Waals surface area contributed by atoms with Crippen LogP contribution in [0, 0.1) is 0 Å². The van der Waals surface area contributed by atoms with Crippen LogP contribution in [0.3, 0.4) is 0 Å². The monoisotopic (exact) mass is 350 g/mol. The molecule has 0 radical (unpaired) electrons. The second kappa shape index (κ2) is 6.35. The Morgan fingerprint density at radius 2 is 2.05 bits per heavy atom. The molecule has 0 atom stereocenters. The number of nitrogens with one attached hydrogen (secondary N) is 1. The minimum Gasteiger partial charge on any atom is -0.359 e. The largest absolute Gasteiger partial charge is 0.405 e. The van der Waals surface area contributed by atoms with Crippen LogP contribution in [-0.2, 0) is 6.54 Å². The van der Waals surface area contributed by atoms with Gasteiger partial charge in [0.2, 0.25) is 0 Å². The van der Waals surface area contributed by atoms with Gasteiger partial charge in [0.15, 0.2) is 0 Å². The molecule has 1 aliphatic carbocycles. The molecule has 1 saturated carbocycles. The lowest BCUT2D eigenvalue weighted by molar-refractivity contribution is -0.120. The number of halogens is 4. The molecule has 1 N–H and O–H groups in total. The highest BCUT2D eigenvalue weighted by Crippen LogP contribution is 2.36. The molecule has 20 heavy (non-hydrogen) atoms. The second-order valence-electron chi connectivity index (χ2n) is 5.03. The number of hydrogen-bond donors (Lipinski definition) is 1. The lowest BCUT2D eigenvalue weighted by atomic mass is 10.2. The molecule has 1 aromatic carbocycles. The summed E-state index contributed by atoms with van der Waals surface area (Å²) in [5.41, 5.74) is 1.69. The first-order valence-electron chi connectivity index (χ1n) is 6.73. The molecule has 1 fully saturated rings. The molecule has 0 saturated heterocycles. The minimum absolute atomic E-state index is 0.0307. The SMILES string of the molecule is CCNCc1ccc(N(CC(F)(F)F)C2CC2)cc1Br. The van der Waals surface area contributed by atoms with Crippen LogP contribution in [0.25, 0.3) is 0 Å². The van der Waals surface area contributed by atoms with E-state index in [1.807, 2.05) is 13.0 Å². The van der Waals surface area contributed by atoms with Gasteiger partial charge in [-0.3, -0.25) is 0 Å². The zero-order valence-electron chi connectivity index (χ0n) is 11.3. The predicted octanol–water partition coefficient (Wildman–Crippen LogP) is 4.09. The fourth-order valence-corrected chi connectivity index (χ4v) is 2.64. The molecule has 1 aliphatic rings. The first-order chi connectivity index (χ1) is 9.40. The Kier molecular flexibility index (Phi) is 4.96. The summed E-state index contributed by atoms with van der Waals surface area (Å²) < 4.78 is 38.8. The molecular weight excluding hydrogens is 333 g/mol. The number of hydrogen-bond acceptors (Lipinski definition) is 2. The Bertz CT molecular complexity index is 458. The van der Waals surface area contributed by atoms with Crippen molar-refractivity contribution in [3.63, 3.8) is 0 Å². The molecule has 0 spiro atoms. The fraction of sp³-hybridized carbons (Fsp3) is 0.571. The first kappa shape index (κ1) is 15.6. The van der Waals surface area contributed by atoms with E-state index in [2.05, 4.69) is 21.2 Å². The van der Waals surface area contributed by atoms with Gasteiger partial charge in [-0.05, 0) is 37.1 Å². The number of anilines is 1. The highest BCUT2D eigenvalue weighted by atomic mass is 79.9. The van der Waals surface area contributed by atoms with Gasteiger partial charge in [0.1, 0.15) is 6.54 Å². The lowest BCUT2D eigenvalue weighted by Crippen LogP contribution is -2.36. The van der Waals surface area contributed by atoms with Crippen molar-refractivity contribution in [2.24, 2.45) is 0 Å². The maximum absolute atomic E-state index is 12.7.